The number of carbonyl (C=O) groups excluding carboxylic acids is 1. The van der Waals surface area contributed by atoms with E-state index in [1.165, 1.54) is 18.5 Å². The summed E-state index contributed by atoms with van der Waals surface area (Å²) in [5.41, 5.74) is 0.0729. The number of unbranched alkanes of at least 4 members (excludes halogenated alkanes) is 1. The molecule has 1 atom stereocenters. The molecule has 3 N–H and O–H groups in total. The zero-order valence-corrected chi connectivity index (χ0v) is 19.4. The number of aromatic nitrogens is 5. The Morgan fingerprint density at radius 1 is 1.31 bits per heavy atom. The van der Waals surface area contributed by atoms with Crippen molar-refractivity contribution in [3.8, 4) is 23.4 Å². The van der Waals surface area contributed by atoms with Gasteiger partial charge in [0.15, 0.2) is 17.3 Å². The van der Waals surface area contributed by atoms with Gasteiger partial charge in [-0.05, 0) is 37.5 Å². The lowest BCUT2D eigenvalue weighted by atomic mass is 10.2. The first-order valence-corrected chi connectivity index (χ1v) is 11.0. The number of aliphatic hydroxyl groups is 1. The number of fused-ring (bicyclic) bond motifs is 1. The number of H-pyrrole nitrogens is 1. The minimum absolute atomic E-state index is 0.0103. The molecule has 4 rings (SSSR count). The van der Waals surface area contributed by atoms with Gasteiger partial charge in [-0.1, -0.05) is 22.7 Å². The molecule has 3 aromatic heterocycles. The van der Waals surface area contributed by atoms with Crippen molar-refractivity contribution in [2.24, 2.45) is 0 Å². The number of hydrogen-bond acceptors (Lipinski definition) is 7. The molecule has 36 heavy (non-hydrogen) atoms. The number of halogens is 4. The molecule has 0 aliphatic rings. The van der Waals surface area contributed by atoms with Crippen LogP contribution < -0.4 is 5.32 Å². The lowest BCUT2D eigenvalue weighted by Gasteiger charge is -2.11. The van der Waals surface area contributed by atoms with Crippen molar-refractivity contribution in [3.05, 3.63) is 58.3 Å². The zero-order chi connectivity index (χ0) is 25.9. The summed E-state index contributed by atoms with van der Waals surface area (Å²) >= 11 is 6.25. The standard InChI is InChI=1S/C23H18ClF3N6O3/c1-12(30-22(35)20-19(24)15(28-11-29-20)5-3-2-4-8-34)18-10-17(33-36-18)21-31-14-7-6-13(23(25,26)27)9-16(14)32-21/h6-7,9-12,34H,2,4,8H2,1H3,(H,30,35)(H,31,32)/t12-/m0/s1. The predicted molar refractivity (Wildman–Crippen MR) is 123 cm³/mol. The zero-order valence-electron chi connectivity index (χ0n) is 18.6. The molecule has 0 aliphatic carbocycles. The molecule has 13 heteroatoms. The number of aromatic amines is 1. The van der Waals surface area contributed by atoms with Gasteiger partial charge in [0.05, 0.1) is 22.6 Å². The van der Waals surface area contributed by atoms with Crippen molar-refractivity contribution in [1.82, 2.24) is 30.4 Å². The number of hydrogen-bond donors (Lipinski definition) is 3. The van der Waals surface area contributed by atoms with Gasteiger partial charge in [-0.15, -0.1) is 0 Å². The quantitative estimate of drug-likeness (QED) is 0.256. The topological polar surface area (TPSA) is 130 Å². The SMILES string of the molecule is C[C@H](NC(=O)c1ncnc(C#CCCCO)c1Cl)c1cc(-c2nc3ccc(C(F)(F)F)cc3[nH]2)no1. The summed E-state index contributed by atoms with van der Waals surface area (Å²) in [4.78, 5) is 27.7. The van der Waals surface area contributed by atoms with Crippen molar-refractivity contribution < 1.29 is 27.6 Å². The fourth-order valence-corrected chi connectivity index (χ4v) is 3.41. The molecule has 0 aliphatic heterocycles. The summed E-state index contributed by atoms with van der Waals surface area (Å²) in [5, 5.41) is 15.4. The van der Waals surface area contributed by atoms with E-state index in [4.69, 9.17) is 21.2 Å². The van der Waals surface area contributed by atoms with Crippen LogP contribution in [-0.4, -0.2) is 42.7 Å². The highest BCUT2D eigenvalue weighted by molar-refractivity contribution is 6.34. The molecular weight excluding hydrogens is 501 g/mol. The van der Waals surface area contributed by atoms with Crippen LogP contribution in [0.1, 0.15) is 53.3 Å². The van der Waals surface area contributed by atoms with Crippen LogP contribution >= 0.6 is 11.6 Å². The van der Waals surface area contributed by atoms with Gasteiger partial charge in [-0.3, -0.25) is 4.79 Å². The van der Waals surface area contributed by atoms with Crippen LogP contribution in [0.25, 0.3) is 22.6 Å². The fourth-order valence-electron chi connectivity index (χ4n) is 3.18. The summed E-state index contributed by atoms with van der Waals surface area (Å²) < 4.78 is 44.2. The van der Waals surface area contributed by atoms with Gasteiger partial charge in [0, 0.05) is 19.1 Å². The molecule has 0 saturated heterocycles. The Kier molecular flexibility index (Phi) is 7.23. The minimum Gasteiger partial charge on any atom is -0.396 e. The number of amides is 1. The van der Waals surface area contributed by atoms with Crippen molar-refractivity contribution in [3.63, 3.8) is 0 Å². The Balaban J connectivity index is 1.49. The van der Waals surface area contributed by atoms with E-state index in [-0.39, 0.29) is 45.8 Å². The van der Waals surface area contributed by atoms with E-state index >= 15 is 0 Å². The van der Waals surface area contributed by atoms with Crippen LogP contribution in [-0.2, 0) is 6.18 Å². The Morgan fingerprint density at radius 3 is 2.86 bits per heavy atom. The molecule has 0 radical (unpaired) electrons. The normalized spacial score (nSPS) is 12.3. The highest BCUT2D eigenvalue weighted by Crippen LogP contribution is 2.32. The van der Waals surface area contributed by atoms with Crippen LogP contribution in [0.3, 0.4) is 0 Å². The third-order valence-electron chi connectivity index (χ3n) is 5.03. The van der Waals surface area contributed by atoms with Crippen molar-refractivity contribution in [1.29, 1.82) is 0 Å². The summed E-state index contributed by atoms with van der Waals surface area (Å²) in [6.45, 7) is 1.65. The molecule has 4 aromatic rings. The largest absolute Gasteiger partial charge is 0.416 e. The molecule has 0 spiro atoms. The lowest BCUT2D eigenvalue weighted by molar-refractivity contribution is -0.137. The number of imidazole rings is 1. The number of nitrogens with zero attached hydrogens (tertiary/aromatic N) is 4. The van der Waals surface area contributed by atoms with Crippen molar-refractivity contribution >= 4 is 28.5 Å². The molecule has 0 unspecified atom stereocenters. The maximum Gasteiger partial charge on any atom is 0.416 e. The van der Waals surface area contributed by atoms with E-state index in [0.717, 1.165) is 12.1 Å². The molecule has 0 fully saturated rings. The molecule has 1 aromatic carbocycles. The maximum atomic E-state index is 13.0. The lowest BCUT2D eigenvalue weighted by Crippen LogP contribution is -2.27. The van der Waals surface area contributed by atoms with E-state index in [2.05, 4.69) is 42.3 Å². The third-order valence-corrected chi connectivity index (χ3v) is 5.38. The summed E-state index contributed by atoms with van der Waals surface area (Å²) in [6.07, 6.45) is -2.37. The average Bonchev–Trinajstić information content (AvgIpc) is 3.49. The van der Waals surface area contributed by atoms with Crippen LogP contribution in [0.4, 0.5) is 13.2 Å². The number of alkyl halides is 3. The Bertz CT molecular complexity index is 1470. The van der Waals surface area contributed by atoms with Crippen molar-refractivity contribution in [2.75, 3.05) is 6.61 Å². The maximum absolute atomic E-state index is 13.0. The number of rotatable bonds is 6. The first-order valence-electron chi connectivity index (χ1n) is 10.6. The van der Waals surface area contributed by atoms with E-state index in [9.17, 15) is 18.0 Å². The first-order chi connectivity index (χ1) is 17.2. The Morgan fingerprint density at radius 2 is 2.11 bits per heavy atom. The Labute approximate surface area is 207 Å². The van der Waals surface area contributed by atoms with Crippen LogP contribution in [0.15, 0.2) is 35.1 Å². The molecule has 1 amide bonds. The van der Waals surface area contributed by atoms with Gasteiger partial charge in [-0.2, -0.15) is 13.2 Å². The highest BCUT2D eigenvalue weighted by atomic mass is 35.5. The smallest absolute Gasteiger partial charge is 0.396 e. The average molecular weight is 519 g/mol. The molecule has 9 nitrogen and oxygen atoms in total. The minimum atomic E-state index is -4.48. The molecule has 0 saturated carbocycles. The summed E-state index contributed by atoms with van der Waals surface area (Å²) in [6, 6.07) is 4.02. The summed E-state index contributed by atoms with van der Waals surface area (Å²) in [7, 11) is 0. The van der Waals surface area contributed by atoms with Gasteiger partial charge in [-0.25, -0.2) is 15.0 Å². The van der Waals surface area contributed by atoms with Gasteiger partial charge in [0.25, 0.3) is 5.91 Å². The highest BCUT2D eigenvalue weighted by Gasteiger charge is 2.31. The number of aliphatic hydroxyl groups excluding tert-OH is 1. The molecule has 0 bridgehead atoms. The number of nitrogens with one attached hydrogen (secondary N) is 2. The van der Waals surface area contributed by atoms with Crippen LogP contribution in [0.5, 0.6) is 0 Å². The monoisotopic (exact) mass is 518 g/mol. The number of benzene rings is 1. The molecular formula is C23H18ClF3N6O3. The second kappa shape index (κ2) is 10.3. The van der Waals surface area contributed by atoms with E-state index in [1.807, 2.05) is 0 Å². The summed E-state index contributed by atoms with van der Waals surface area (Å²) in [5.74, 6) is 5.43. The van der Waals surface area contributed by atoms with E-state index in [1.54, 1.807) is 6.92 Å². The third kappa shape index (κ3) is 5.48. The molecule has 186 valence electrons. The molecule has 3 heterocycles. The van der Waals surface area contributed by atoms with Crippen LogP contribution in [0.2, 0.25) is 5.02 Å². The van der Waals surface area contributed by atoms with Crippen molar-refractivity contribution in [2.45, 2.75) is 32.0 Å². The van der Waals surface area contributed by atoms with Crippen LogP contribution in [0, 0.1) is 11.8 Å². The van der Waals surface area contributed by atoms with Gasteiger partial charge < -0.3 is 19.9 Å². The fraction of sp³-hybridized carbons (Fsp3) is 0.261. The van der Waals surface area contributed by atoms with Gasteiger partial charge >= 0.3 is 6.18 Å². The Hall–Kier alpha value is -3.95. The van der Waals surface area contributed by atoms with E-state index in [0.29, 0.717) is 18.4 Å². The second-order valence-electron chi connectivity index (χ2n) is 7.64. The number of carbonyl (C=O) groups is 1. The van der Waals surface area contributed by atoms with Gasteiger partial charge in [0.1, 0.15) is 22.7 Å². The van der Waals surface area contributed by atoms with Gasteiger partial charge in [0.2, 0.25) is 0 Å². The second-order valence-corrected chi connectivity index (χ2v) is 8.02. The van der Waals surface area contributed by atoms with E-state index < -0.39 is 23.7 Å². The predicted octanol–water partition coefficient (Wildman–Crippen LogP) is 4.30. The first kappa shape index (κ1) is 25.2.